The zero-order valence-corrected chi connectivity index (χ0v) is 13.1. The molecule has 0 aromatic heterocycles. The third-order valence-corrected chi connectivity index (χ3v) is 4.51. The van der Waals surface area contributed by atoms with Crippen molar-refractivity contribution < 1.29 is 14.7 Å². The van der Waals surface area contributed by atoms with Crippen LogP contribution in [0.5, 0.6) is 0 Å². The first-order chi connectivity index (χ1) is 9.91. The molecule has 1 saturated heterocycles. The number of halogens is 2. The predicted molar refractivity (Wildman–Crippen MR) is 81.0 cm³/mol. The highest BCUT2D eigenvalue weighted by molar-refractivity contribution is 6.43. The summed E-state index contributed by atoms with van der Waals surface area (Å²) in [5, 5.41) is 9.60. The second kappa shape index (κ2) is 6.64. The Hall–Kier alpha value is -1.30. The summed E-state index contributed by atoms with van der Waals surface area (Å²) < 4.78 is 0. The average molecular weight is 331 g/mol. The van der Waals surface area contributed by atoms with E-state index in [9.17, 15) is 9.59 Å². The Kier molecular flexibility index (Phi) is 5.08. The van der Waals surface area contributed by atoms with Gasteiger partial charge in [-0.25, -0.2) is 0 Å². The Bertz CT molecular complexity index is 557. The van der Waals surface area contributed by atoms with E-state index < -0.39 is 12.0 Å². The molecule has 1 N–H and O–H groups in total. The molecule has 1 amide bonds. The highest BCUT2D eigenvalue weighted by Gasteiger charge is 2.28. The van der Waals surface area contributed by atoms with Crippen LogP contribution in [-0.2, 0) is 4.79 Å². The van der Waals surface area contributed by atoms with Crippen LogP contribution in [0.25, 0.3) is 0 Å². The highest BCUT2D eigenvalue weighted by atomic mass is 35.5. The molecular weight excluding hydrogens is 315 g/mol. The number of carbonyl (C=O) groups excluding carboxylic acids is 1. The van der Waals surface area contributed by atoms with Gasteiger partial charge in [-0.1, -0.05) is 29.3 Å². The van der Waals surface area contributed by atoms with Crippen molar-refractivity contribution in [2.45, 2.75) is 13.0 Å². The van der Waals surface area contributed by atoms with E-state index in [1.54, 1.807) is 30.0 Å². The zero-order valence-electron chi connectivity index (χ0n) is 11.6. The van der Waals surface area contributed by atoms with Crippen molar-refractivity contribution in [3.05, 3.63) is 33.8 Å². The van der Waals surface area contributed by atoms with E-state index in [2.05, 4.69) is 0 Å². The van der Waals surface area contributed by atoms with Gasteiger partial charge in [-0.05, 0) is 19.1 Å². The third kappa shape index (κ3) is 3.48. The Balaban J connectivity index is 2.04. The minimum absolute atomic E-state index is 0.176. The molecule has 5 nitrogen and oxygen atoms in total. The van der Waals surface area contributed by atoms with Crippen molar-refractivity contribution in [3.63, 3.8) is 0 Å². The topological polar surface area (TPSA) is 60.9 Å². The largest absolute Gasteiger partial charge is 0.480 e. The molecule has 21 heavy (non-hydrogen) atoms. The lowest BCUT2D eigenvalue weighted by Crippen LogP contribution is -2.53. The summed E-state index contributed by atoms with van der Waals surface area (Å²) in [7, 11) is 0. The Labute approximate surface area is 133 Å². The molecule has 0 spiro atoms. The summed E-state index contributed by atoms with van der Waals surface area (Å²) in [4.78, 5) is 26.9. The SMILES string of the molecule is C[C@H](C(=O)O)N1CCN(C(=O)c2cccc(Cl)c2Cl)CC1. The molecule has 2 rings (SSSR count). The number of aliphatic carboxylic acids is 1. The Morgan fingerprint density at radius 3 is 2.38 bits per heavy atom. The van der Waals surface area contributed by atoms with Crippen molar-refractivity contribution in [2.75, 3.05) is 26.2 Å². The molecule has 0 radical (unpaired) electrons. The number of carboxylic acid groups (broad SMARTS) is 1. The Morgan fingerprint density at radius 2 is 1.81 bits per heavy atom. The summed E-state index contributed by atoms with van der Waals surface area (Å²) in [5.74, 6) is -1.03. The lowest BCUT2D eigenvalue weighted by Gasteiger charge is -2.36. The molecule has 0 aliphatic carbocycles. The lowest BCUT2D eigenvalue weighted by atomic mass is 10.1. The van der Waals surface area contributed by atoms with Gasteiger partial charge in [0.15, 0.2) is 0 Å². The van der Waals surface area contributed by atoms with Crippen LogP contribution in [0.2, 0.25) is 10.0 Å². The number of carboxylic acids is 1. The van der Waals surface area contributed by atoms with E-state index in [0.717, 1.165) is 0 Å². The molecule has 1 fully saturated rings. The maximum absolute atomic E-state index is 12.4. The van der Waals surface area contributed by atoms with E-state index in [1.165, 1.54) is 0 Å². The van der Waals surface area contributed by atoms with E-state index >= 15 is 0 Å². The summed E-state index contributed by atoms with van der Waals surface area (Å²) in [6, 6.07) is 4.41. The second-order valence-electron chi connectivity index (χ2n) is 4.94. The van der Waals surface area contributed by atoms with Crippen LogP contribution in [0.3, 0.4) is 0 Å². The van der Waals surface area contributed by atoms with Crippen LogP contribution in [0.4, 0.5) is 0 Å². The van der Waals surface area contributed by atoms with Crippen LogP contribution in [0.15, 0.2) is 18.2 Å². The molecule has 114 valence electrons. The minimum Gasteiger partial charge on any atom is -0.480 e. The third-order valence-electron chi connectivity index (χ3n) is 3.69. The lowest BCUT2D eigenvalue weighted by molar-refractivity contribution is -0.143. The summed E-state index contributed by atoms with van der Waals surface area (Å²) in [6.07, 6.45) is 0. The molecule has 1 aromatic carbocycles. The molecule has 1 aliphatic rings. The molecule has 1 heterocycles. The van der Waals surface area contributed by atoms with Gasteiger partial charge in [0.1, 0.15) is 6.04 Å². The van der Waals surface area contributed by atoms with Crippen molar-refractivity contribution >= 4 is 35.1 Å². The first-order valence-corrected chi connectivity index (χ1v) is 7.37. The number of hydrogen-bond donors (Lipinski definition) is 1. The van der Waals surface area contributed by atoms with E-state index in [1.807, 2.05) is 4.90 Å². The number of piperazine rings is 1. The first kappa shape index (κ1) is 16.1. The van der Waals surface area contributed by atoms with E-state index in [0.29, 0.717) is 36.8 Å². The van der Waals surface area contributed by atoms with Gasteiger partial charge in [0.25, 0.3) is 5.91 Å². The van der Waals surface area contributed by atoms with Gasteiger partial charge in [0, 0.05) is 26.2 Å². The molecule has 1 atom stereocenters. The van der Waals surface area contributed by atoms with Crippen LogP contribution in [-0.4, -0.2) is 59.0 Å². The monoisotopic (exact) mass is 330 g/mol. The maximum atomic E-state index is 12.4. The maximum Gasteiger partial charge on any atom is 0.320 e. The fourth-order valence-electron chi connectivity index (χ4n) is 2.31. The normalized spacial score (nSPS) is 17.6. The van der Waals surface area contributed by atoms with Gasteiger partial charge in [-0.15, -0.1) is 0 Å². The van der Waals surface area contributed by atoms with E-state index in [4.69, 9.17) is 28.3 Å². The fourth-order valence-corrected chi connectivity index (χ4v) is 2.69. The predicted octanol–water partition coefficient (Wildman–Crippen LogP) is 2.22. The standard InChI is InChI=1S/C14H16Cl2N2O3/c1-9(14(20)21)17-5-7-18(8-6-17)13(19)10-3-2-4-11(15)12(10)16/h2-4,9H,5-8H2,1H3,(H,20,21)/t9-/m1/s1. The molecular formula is C14H16Cl2N2O3. The van der Waals surface area contributed by atoms with Crippen LogP contribution >= 0.6 is 23.2 Å². The van der Waals surface area contributed by atoms with Gasteiger partial charge in [0.05, 0.1) is 15.6 Å². The number of hydrogen-bond acceptors (Lipinski definition) is 3. The molecule has 1 aromatic rings. The van der Waals surface area contributed by atoms with Gasteiger partial charge in [0.2, 0.25) is 0 Å². The van der Waals surface area contributed by atoms with Gasteiger partial charge in [-0.2, -0.15) is 0 Å². The second-order valence-corrected chi connectivity index (χ2v) is 5.73. The number of carbonyl (C=O) groups is 2. The van der Waals surface area contributed by atoms with Crippen molar-refractivity contribution in [1.29, 1.82) is 0 Å². The Morgan fingerprint density at radius 1 is 1.19 bits per heavy atom. The van der Waals surface area contributed by atoms with Crippen LogP contribution in [0.1, 0.15) is 17.3 Å². The van der Waals surface area contributed by atoms with Gasteiger partial charge >= 0.3 is 5.97 Å². The molecule has 0 unspecified atom stereocenters. The van der Waals surface area contributed by atoms with E-state index in [-0.39, 0.29) is 10.9 Å². The van der Waals surface area contributed by atoms with Crippen molar-refractivity contribution in [3.8, 4) is 0 Å². The number of rotatable bonds is 3. The number of nitrogens with zero attached hydrogens (tertiary/aromatic N) is 2. The van der Waals surface area contributed by atoms with Gasteiger partial charge in [-0.3, -0.25) is 14.5 Å². The van der Waals surface area contributed by atoms with Crippen LogP contribution in [0, 0.1) is 0 Å². The highest BCUT2D eigenvalue weighted by Crippen LogP contribution is 2.26. The zero-order chi connectivity index (χ0) is 15.6. The van der Waals surface area contributed by atoms with Crippen LogP contribution < -0.4 is 0 Å². The van der Waals surface area contributed by atoms with Gasteiger partial charge < -0.3 is 10.0 Å². The van der Waals surface area contributed by atoms with Crippen molar-refractivity contribution in [1.82, 2.24) is 9.80 Å². The quantitative estimate of drug-likeness (QED) is 0.923. The number of amides is 1. The molecule has 0 saturated carbocycles. The van der Waals surface area contributed by atoms with Crippen molar-refractivity contribution in [2.24, 2.45) is 0 Å². The summed E-state index contributed by atoms with van der Waals surface area (Å²) in [5.41, 5.74) is 0.379. The summed E-state index contributed by atoms with van der Waals surface area (Å²) in [6.45, 7) is 3.64. The molecule has 0 bridgehead atoms. The fraction of sp³-hybridized carbons (Fsp3) is 0.429. The smallest absolute Gasteiger partial charge is 0.320 e. The average Bonchev–Trinajstić information content (AvgIpc) is 2.48. The first-order valence-electron chi connectivity index (χ1n) is 6.62. The summed E-state index contributed by atoms with van der Waals surface area (Å²) >= 11 is 12.0. The minimum atomic E-state index is -0.854. The molecule has 7 heteroatoms. The number of benzene rings is 1. The molecule has 1 aliphatic heterocycles.